The highest BCUT2D eigenvalue weighted by atomic mass is 31.2. The van der Waals surface area contributed by atoms with Crippen molar-refractivity contribution in [2.24, 2.45) is 0 Å². The van der Waals surface area contributed by atoms with Gasteiger partial charge >= 0.3 is 0 Å². The predicted molar refractivity (Wildman–Crippen MR) is 109 cm³/mol. The fourth-order valence-corrected chi connectivity index (χ4v) is 7.80. The van der Waals surface area contributed by atoms with E-state index in [0.717, 1.165) is 6.42 Å². The van der Waals surface area contributed by atoms with Crippen molar-refractivity contribution in [2.75, 3.05) is 6.54 Å². The van der Waals surface area contributed by atoms with Gasteiger partial charge in [0.05, 0.1) is 14.1 Å². The molecule has 148 valence electrons. The quantitative estimate of drug-likeness (QED) is 0.248. The van der Waals surface area contributed by atoms with E-state index in [1.807, 2.05) is 18.9 Å². The van der Waals surface area contributed by atoms with Crippen molar-refractivity contribution < 1.29 is 9.79 Å². The molecule has 0 aromatic carbocycles. The van der Waals surface area contributed by atoms with Crippen molar-refractivity contribution in [1.29, 1.82) is 5.26 Å². The van der Waals surface area contributed by atoms with Gasteiger partial charge in [-0.25, -0.2) is 10.4 Å². The normalized spacial score (nSPS) is 13.3. The number of nitrogens with zero attached hydrogens (tertiary/aromatic N) is 3. The summed E-state index contributed by atoms with van der Waals surface area (Å²) < 4.78 is 0. The van der Waals surface area contributed by atoms with Crippen LogP contribution in [0.4, 0.5) is 0 Å². The summed E-state index contributed by atoms with van der Waals surface area (Å²) in [5, 5.41) is 11.0. The Labute approximate surface area is 157 Å². The van der Waals surface area contributed by atoms with Crippen LogP contribution < -0.4 is 5.43 Å². The van der Waals surface area contributed by atoms with Gasteiger partial charge in [-0.1, -0.05) is 44.9 Å². The summed E-state index contributed by atoms with van der Waals surface area (Å²) in [4.78, 5) is 21.3. The van der Waals surface area contributed by atoms with Crippen molar-refractivity contribution in [2.45, 2.75) is 97.1 Å². The summed E-state index contributed by atoms with van der Waals surface area (Å²) in [5.41, 5.74) is 2.86. The molecule has 0 saturated carbocycles. The van der Waals surface area contributed by atoms with Gasteiger partial charge in [0.15, 0.2) is 0 Å². The van der Waals surface area contributed by atoms with Crippen LogP contribution in [0.2, 0.25) is 24.2 Å². The average molecular weight is 391 g/mol. The van der Waals surface area contributed by atoms with Crippen LogP contribution in [0.5, 0.6) is 0 Å². The Balaban J connectivity index is 5.41. The van der Waals surface area contributed by atoms with E-state index in [1.54, 1.807) is 0 Å². The Bertz CT molecular complexity index is 404. The highest BCUT2D eigenvalue weighted by Gasteiger charge is 2.37. The molecule has 0 fully saturated rings. The van der Waals surface area contributed by atoms with E-state index in [2.05, 4.69) is 46.1 Å². The fourth-order valence-electron chi connectivity index (χ4n) is 3.24. The third-order valence-electron chi connectivity index (χ3n) is 5.42. The summed E-state index contributed by atoms with van der Waals surface area (Å²) in [6.45, 7) is 15.6. The third kappa shape index (κ3) is 8.00. The van der Waals surface area contributed by atoms with Crippen LogP contribution in [0.25, 0.3) is 0 Å². The van der Waals surface area contributed by atoms with Crippen LogP contribution in [0.3, 0.4) is 0 Å². The molecular formula is C17H39N4O2PSi. The van der Waals surface area contributed by atoms with Crippen molar-refractivity contribution in [3.63, 3.8) is 0 Å². The number of hydrogen-bond acceptors (Lipinski definition) is 6. The molecule has 0 amide bonds. The standard InChI is InChI=1S/C17H39N4O2PSi/c1-8-25(9-2,10-3)15-12-17(6,7)20(14-11-13-18)21(24(22)23)19-16(4)5/h16,19,22-23H,8-12,14-15H2,1-7H3. The van der Waals surface area contributed by atoms with Gasteiger partial charge < -0.3 is 9.79 Å². The molecule has 3 N–H and O–H groups in total. The smallest absolute Gasteiger partial charge is 0.283 e. The Morgan fingerprint density at radius 3 is 2.04 bits per heavy atom. The zero-order valence-corrected chi connectivity index (χ0v) is 19.1. The van der Waals surface area contributed by atoms with Gasteiger partial charge in [0.1, 0.15) is 0 Å². The van der Waals surface area contributed by atoms with E-state index < -0.39 is 16.6 Å². The van der Waals surface area contributed by atoms with Crippen molar-refractivity contribution in [3.05, 3.63) is 0 Å². The van der Waals surface area contributed by atoms with Gasteiger partial charge in [-0.2, -0.15) is 5.26 Å². The molecule has 0 aliphatic heterocycles. The molecule has 6 nitrogen and oxygen atoms in total. The van der Waals surface area contributed by atoms with Crippen molar-refractivity contribution >= 4 is 16.6 Å². The summed E-state index contributed by atoms with van der Waals surface area (Å²) >= 11 is 0. The summed E-state index contributed by atoms with van der Waals surface area (Å²) in [5.74, 6) is 0. The van der Waals surface area contributed by atoms with Crippen LogP contribution in [0, 0.1) is 11.3 Å². The average Bonchev–Trinajstić information content (AvgIpc) is 2.55. The van der Waals surface area contributed by atoms with Crippen LogP contribution in [-0.2, 0) is 0 Å². The first kappa shape index (κ1) is 24.9. The Kier molecular flexibility index (Phi) is 11.6. The van der Waals surface area contributed by atoms with Gasteiger partial charge in [0.25, 0.3) is 8.53 Å². The molecule has 0 atom stereocenters. The van der Waals surface area contributed by atoms with Crippen LogP contribution in [0.1, 0.15) is 61.3 Å². The Hall–Kier alpha value is -0.0631. The van der Waals surface area contributed by atoms with E-state index in [-0.39, 0.29) is 11.6 Å². The van der Waals surface area contributed by atoms with Gasteiger partial charge in [0.2, 0.25) is 0 Å². The molecule has 0 radical (unpaired) electrons. The van der Waals surface area contributed by atoms with Gasteiger partial charge in [-0.15, -0.1) is 4.89 Å². The maximum absolute atomic E-state index is 9.93. The van der Waals surface area contributed by atoms with Crippen LogP contribution in [-0.4, -0.2) is 45.9 Å². The Morgan fingerprint density at radius 2 is 1.68 bits per heavy atom. The maximum atomic E-state index is 9.93. The van der Waals surface area contributed by atoms with Crippen LogP contribution in [0.15, 0.2) is 0 Å². The SMILES string of the molecule is CC[Si](CC)(CC)CCC(C)(C)N(CCC#N)N(NC(C)C)P(O)O. The van der Waals surface area contributed by atoms with Crippen molar-refractivity contribution in [1.82, 2.24) is 15.3 Å². The van der Waals surface area contributed by atoms with Gasteiger partial charge in [-0.05, 0) is 34.1 Å². The molecule has 0 aliphatic rings. The lowest BCUT2D eigenvalue weighted by Crippen LogP contribution is -2.59. The molecule has 25 heavy (non-hydrogen) atoms. The molecule has 0 unspecified atom stereocenters. The molecule has 0 spiro atoms. The second-order valence-corrected chi connectivity index (χ2v) is 14.3. The number of hydrogen-bond donors (Lipinski definition) is 3. The first-order chi connectivity index (χ1) is 11.6. The predicted octanol–water partition coefficient (Wildman–Crippen LogP) is 4.22. The summed E-state index contributed by atoms with van der Waals surface area (Å²) in [7, 11) is -3.56. The van der Waals surface area contributed by atoms with Gasteiger partial charge in [-0.3, -0.25) is 0 Å². The number of hydrazine groups is 2. The second kappa shape index (κ2) is 11.6. The van der Waals surface area contributed by atoms with E-state index in [4.69, 9.17) is 5.26 Å². The monoisotopic (exact) mass is 390 g/mol. The first-order valence-corrected chi connectivity index (χ1v) is 13.5. The molecule has 0 saturated heterocycles. The maximum Gasteiger partial charge on any atom is 0.283 e. The highest BCUT2D eigenvalue weighted by Crippen LogP contribution is 2.37. The number of nitrogens with one attached hydrogen (secondary N) is 1. The number of rotatable bonds is 13. The van der Waals surface area contributed by atoms with E-state index in [1.165, 1.54) is 29.1 Å². The lowest BCUT2D eigenvalue weighted by Gasteiger charge is -2.46. The molecule has 0 heterocycles. The minimum absolute atomic E-state index is 0.0695. The lowest BCUT2D eigenvalue weighted by molar-refractivity contribution is -0.0805. The lowest BCUT2D eigenvalue weighted by atomic mass is 10.0. The third-order valence-corrected chi connectivity index (χ3v) is 11.9. The minimum atomic E-state index is -2.32. The van der Waals surface area contributed by atoms with E-state index >= 15 is 0 Å². The molecule has 0 aliphatic carbocycles. The molecule has 0 rings (SSSR count). The zero-order chi connectivity index (χ0) is 19.7. The topological polar surface area (TPSA) is 82.8 Å². The highest BCUT2D eigenvalue weighted by molar-refractivity contribution is 7.42. The fraction of sp³-hybridized carbons (Fsp3) is 0.941. The Morgan fingerprint density at radius 1 is 1.16 bits per heavy atom. The van der Waals surface area contributed by atoms with Gasteiger partial charge in [0, 0.05) is 24.5 Å². The molecule has 0 aromatic heterocycles. The van der Waals surface area contributed by atoms with Crippen molar-refractivity contribution in [3.8, 4) is 6.07 Å². The molecule has 0 aromatic rings. The number of nitriles is 1. The summed E-state index contributed by atoms with van der Waals surface area (Å²) in [6, 6.07) is 7.33. The molecule has 0 bridgehead atoms. The minimum Gasteiger partial charge on any atom is -0.336 e. The first-order valence-electron chi connectivity index (χ1n) is 9.47. The molecule has 8 heteroatoms. The molecular weight excluding hydrogens is 351 g/mol. The largest absolute Gasteiger partial charge is 0.336 e. The van der Waals surface area contributed by atoms with E-state index in [9.17, 15) is 9.79 Å². The van der Waals surface area contributed by atoms with Crippen LogP contribution >= 0.6 is 8.53 Å². The zero-order valence-electron chi connectivity index (χ0n) is 17.2. The van der Waals surface area contributed by atoms with E-state index in [0.29, 0.717) is 13.0 Å². The summed E-state index contributed by atoms with van der Waals surface area (Å²) in [6.07, 6.45) is 1.33. The second-order valence-electron chi connectivity index (χ2n) is 7.75.